The lowest BCUT2D eigenvalue weighted by Gasteiger charge is -2.19. The van der Waals surface area contributed by atoms with E-state index in [2.05, 4.69) is 0 Å². The fourth-order valence-electron chi connectivity index (χ4n) is 3.49. The lowest BCUT2D eigenvalue weighted by atomic mass is 10.1. The first-order chi connectivity index (χ1) is 10.2. The molecule has 0 atom stereocenters. The lowest BCUT2D eigenvalue weighted by molar-refractivity contribution is 0.353. The highest BCUT2D eigenvalue weighted by molar-refractivity contribution is 5.72. The fraction of sp³-hybridized carbons (Fsp3) is 0.471. The molecule has 2 N–H and O–H groups in total. The van der Waals surface area contributed by atoms with E-state index in [-0.39, 0.29) is 11.6 Å². The molecule has 4 nitrogen and oxygen atoms in total. The maximum Gasteiger partial charge on any atom is 0.290 e. The zero-order chi connectivity index (χ0) is 14.8. The van der Waals surface area contributed by atoms with Gasteiger partial charge in [0.1, 0.15) is 5.69 Å². The molecule has 0 radical (unpaired) electrons. The van der Waals surface area contributed by atoms with Gasteiger partial charge >= 0.3 is 0 Å². The molecule has 3 rings (SSSR count). The highest BCUT2D eigenvalue weighted by Crippen LogP contribution is 2.30. The second kappa shape index (κ2) is 5.80. The number of anilines is 1. The number of nitrogens with two attached hydrogens (primary N) is 1. The van der Waals surface area contributed by atoms with Crippen molar-refractivity contribution in [3.63, 3.8) is 0 Å². The fourth-order valence-corrected chi connectivity index (χ4v) is 3.49. The van der Waals surface area contributed by atoms with E-state index in [9.17, 15) is 4.79 Å². The largest absolute Gasteiger partial charge is 0.392 e. The predicted octanol–water partition coefficient (Wildman–Crippen LogP) is 3.33. The van der Waals surface area contributed by atoms with Gasteiger partial charge in [0.2, 0.25) is 0 Å². The molecule has 0 unspecified atom stereocenters. The molecule has 112 valence electrons. The van der Waals surface area contributed by atoms with Crippen LogP contribution in [0.2, 0.25) is 0 Å². The molecular formula is C17H23N3O. The summed E-state index contributed by atoms with van der Waals surface area (Å²) in [6.45, 7) is 0. The van der Waals surface area contributed by atoms with Crippen molar-refractivity contribution in [1.29, 1.82) is 0 Å². The molecule has 21 heavy (non-hydrogen) atoms. The first kappa shape index (κ1) is 14.0. The van der Waals surface area contributed by atoms with E-state index in [1.54, 1.807) is 0 Å². The molecule has 0 amide bonds. The SMILES string of the molecule is Cn1c(-c2ccccc2)c(N)c(=O)n1C1CCCCCC1. The quantitative estimate of drug-likeness (QED) is 0.860. The molecule has 0 aliphatic heterocycles. The summed E-state index contributed by atoms with van der Waals surface area (Å²) >= 11 is 0. The Bertz CT molecular complexity index is 661. The van der Waals surface area contributed by atoms with Crippen LogP contribution < -0.4 is 11.3 Å². The number of rotatable bonds is 2. The van der Waals surface area contributed by atoms with Crippen LogP contribution in [0.3, 0.4) is 0 Å². The van der Waals surface area contributed by atoms with Crippen LogP contribution in [0.25, 0.3) is 11.3 Å². The van der Waals surface area contributed by atoms with Gasteiger partial charge in [0.25, 0.3) is 5.56 Å². The minimum atomic E-state index is -0.0387. The minimum absolute atomic E-state index is 0.0387. The summed E-state index contributed by atoms with van der Waals surface area (Å²) in [6, 6.07) is 10.2. The van der Waals surface area contributed by atoms with Gasteiger partial charge < -0.3 is 5.73 Å². The van der Waals surface area contributed by atoms with Crippen LogP contribution in [0.5, 0.6) is 0 Å². The number of hydrogen-bond acceptors (Lipinski definition) is 2. The zero-order valence-corrected chi connectivity index (χ0v) is 12.6. The molecular weight excluding hydrogens is 262 g/mol. The van der Waals surface area contributed by atoms with Crippen molar-refractivity contribution < 1.29 is 0 Å². The Hall–Kier alpha value is -1.97. The highest BCUT2D eigenvalue weighted by Gasteiger charge is 2.23. The van der Waals surface area contributed by atoms with Crippen LogP contribution in [0.15, 0.2) is 35.1 Å². The molecule has 1 fully saturated rings. The van der Waals surface area contributed by atoms with Gasteiger partial charge in [-0.25, -0.2) is 4.68 Å². The Balaban J connectivity index is 2.09. The maximum atomic E-state index is 12.6. The highest BCUT2D eigenvalue weighted by atomic mass is 16.1. The van der Waals surface area contributed by atoms with E-state index < -0.39 is 0 Å². The van der Waals surface area contributed by atoms with Crippen molar-refractivity contribution in [3.8, 4) is 11.3 Å². The van der Waals surface area contributed by atoms with Crippen LogP contribution >= 0.6 is 0 Å². The molecule has 0 spiro atoms. The molecule has 1 aliphatic rings. The van der Waals surface area contributed by atoms with Gasteiger partial charge in [-0.1, -0.05) is 56.0 Å². The molecule has 0 bridgehead atoms. The molecule has 0 saturated heterocycles. The van der Waals surface area contributed by atoms with E-state index in [1.165, 1.54) is 25.7 Å². The van der Waals surface area contributed by atoms with E-state index in [1.807, 2.05) is 46.7 Å². The molecule has 1 aromatic carbocycles. The second-order valence-corrected chi connectivity index (χ2v) is 5.95. The van der Waals surface area contributed by atoms with Crippen molar-refractivity contribution in [2.45, 2.75) is 44.6 Å². The van der Waals surface area contributed by atoms with Crippen LogP contribution in [-0.2, 0) is 7.05 Å². The molecule has 1 aliphatic carbocycles. The van der Waals surface area contributed by atoms with Gasteiger partial charge in [0.05, 0.1) is 11.7 Å². The maximum absolute atomic E-state index is 12.6. The summed E-state index contributed by atoms with van der Waals surface area (Å²) in [7, 11) is 1.95. The summed E-state index contributed by atoms with van der Waals surface area (Å²) < 4.78 is 3.84. The van der Waals surface area contributed by atoms with Crippen LogP contribution in [0.4, 0.5) is 5.69 Å². The van der Waals surface area contributed by atoms with Gasteiger partial charge in [-0.05, 0) is 12.8 Å². The standard InChI is InChI=1S/C17H23N3O/c1-19-16(13-9-5-4-6-10-13)15(18)17(21)20(19)14-11-7-2-3-8-12-14/h4-6,9-10,14H,2-3,7-8,11-12,18H2,1H3. The van der Waals surface area contributed by atoms with E-state index in [0.717, 1.165) is 24.1 Å². The third kappa shape index (κ3) is 2.50. The number of hydrogen-bond donors (Lipinski definition) is 1. The first-order valence-electron chi connectivity index (χ1n) is 7.82. The van der Waals surface area contributed by atoms with Crippen molar-refractivity contribution in [1.82, 2.24) is 9.36 Å². The average Bonchev–Trinajstić information content (AvgIpc) is 2.70. The van der Waals surface area contributed by atoms with Crippen molar-refractivity contribution in [3.05, 3.63) is 40.7 Å². The number of nitrogen functional groups attached to an aromatic ring is 1. The number of benzene rings is 1. The van der Waals surface area contributed by atoms with Crippen LogP contribution in [0, 0.1) is 0 Å². The first-order valence-corrected chi connectivity index (χ1v) is 7.82. The zero-order valence-electron chi connectivity index (χ0n) is 12.6. The topological polar surface area (TPSA) is 52.9 Å². The van der Waals surface area contributed by atoms with Gasteiger partial charge in [-0.3, -0.25) is 9.48 Å². The van der Waals surface area contributed by atoms with Gasteiger partial charge in [-0.2, -0.15) is 0 Å². The number of aromatic nitrogens is 2. The second-order valence-electron chi connectivity index (χ2n) is 5.95. The monoisotopic (exact) mass is 285 g/mol. The van der Waals surface area contributed by atoms with E-state index in [4.69, 9.17) is 5.73 Å². The van der Waals surface area contributed by atoms with E-state index >= 15 is 0 Å². The summed E-state index contributed by atoms with van der Waals surface area (Å²) in [5, 5.41) is 0. The molecule has 4 heteroatoms. The smallest absolute Gasteiger partial charge is 0.290 e. The lowest BCUT2D eigenvalue weighted by Crippen LogP contribution is -2.27. The van der Waals surface area contributed by atoms with Crippen molar-refractivity contribution in [2.75, 3.05) is 5.73 Å². The van der Waals surface area contributed by atoms with Crippen molar-refractivity contribution >= 4 is 5.69 Å². The summed E-state index contributed by atoms with van der Waals surface area (Å²) in [4.78, 5) is 12.6. The average molecular weight is 285 g/mol. The number of nitrogens with zero attached hydrogens (tertiary/aromatic N) is 2. The Morgan fingerprint density at radius 1 is 1.05 bits per heavy atom. The summed E-state index contributed by atoms with van der Waals surface area (Å²) in [5.41, 5.74) is 8.30. The third-order valence-corrected chi connectivity index (χ3v) is 4.56. The predicted molar refractivity (Wildman–Crippen MR) is 86.3 cm³/mol. The Labute approximate surface area is 125 Å². The summed E-state index contributed by atoms with van der Waals surface area (Å²) in [5.74, 6) is 0. The van der Waals surface area contributed by atoms with Gasteiger partial charge in [0.15, 0.2) is 0 Å². The van der Waals surface area contributed by atoms with Gasteiger partial charge in [0, 0.05) is 12.6 Å². The Kier molecular flexibility index (Phi) is 3.86. The Morgan fingerprint density at radius 2 is 1.67 bits per heavy atom. The summed E-state index contributed by atoms with van der Waals surface area (Å²) in [6.07, 6.45) is 7.09. The molecule has 1 saturated carbocycles. The van der Waals surface area contributed by atoms with Gasteiger partial charge in [-0.15, -0.1) is 0 Å². The Morgan fingerprint density at radius 3 is 2.29 bits per heavy atom. The molecule has 2 aromatic rings. The van der Waals surface area contributed by atoms with Crippen LogP contribution in [-0.4, -0.2) is 9.36 Å². The molecule has 1 heterocycles. The minimum Gasteiger partial charge on any atom is -0.392 e. The normalized spacial score (nSPS) is 16.8. The van der Waals surface area contributed by atoms with Crippen LogP contribution in [0.1, 0.15) is 44.6 Å². The van der Waals surface area contributed by atoms with E-state index in [0.29, 0.717) is 5.69 Å². The van der Waals surface area contributed by atoms with Crippen molar-refractivity contribution in [2.24, 2.45) is 7.05 Å². The molecule has 1 aromatic heterocycles. The third-order valence-electron chi connectivity index (χ3n) is 4.56.